The molecule has 0 radical (unpaired) electrons. The molecule has 20 heavy (non-hydrogen) atoms. The van der Waals surface area contributed by atoms with E-state index in [9.17, 15) is 13.2 Å². The molecule has 0 aromatic heterocycles. The molecule has 0 fully saturated rings. The number of hydrogen-bond donors (Lipinski definition) is 0. The van der Waals surface area contributed by atoms with Gasteiger partial charge in [-0.25, -0.2) is 8.42 Å². The molecule has 1 atom stereocenters. The van der Waals surface area contributed by atoms with E-state index in [0.29, 0.717) is 18.0 Å². The Morgan fingerprint density at radius 3 is 2.65 bits per heavy atom. The number of para-hydroxylation sites is 2. The van der Waals surface area contributed by atoms with Crippen molar-refractivity contribution in [2.24, 2.45) is 0 Å². The van der Waals surface area contributed by atoms with Crippen molar-refractivity contribution in [3.8, 4) is 5.75 Å². The van der Waals surface area contributed by atoms with Gasteiger partial charge in [-0.1, -0.05) is 12.1 Å². The Balaban J connectivity index is 2.40. The maximum absolute atomic E-state index is 11.9. The van der Waals surface area contributed by atoms with Crippen LogP contribution in [-0.4, -0.2) is 32.7 Å². The SMILES string of the molecule is CCOc1ccccc1N(C(C)=O)[C@@H]1C=CS(=O)(=O)C1. The van der Waals surface area contributed by atoms with Crippen LogP contribution < -0.4 is 9.64 Å². The summed E-state index contributed by atoms with van der Waals surface area (Å²) in [5.41, 5.74) is 0.591. The van der Waals surface area contributed by atoms with Gasteiger partial charge in [0.15, 0.2) is 9.84 Å². The minimum atomic E-state index is -3.22. The van der Waals surface area contributed by atoms with Gasteiger partial charge in [-0.05, 0) is 25.1 Å². The summed E-state index contributed by atoms with van der Waals surface area (Å²) in [6.45, 7) is 3.75. The van der Waals surface area contributed by atoms with Crippen LogP contribution in [0.1, 0.15) is 13.8 Å². The van der Waals surface area contributed by atoms with E-state index in [-0.39, 0.29) is 11.7 Å². The lowest BCUT2D eigenvalue weighted by molar-refractivity contribution is -0.116. The maximum Gasteiger partial charge on any atom is 0.224 e. The quantitative estimate of drug-likeness (QED) is 0.849. The Hall–Kier alpha value is -1.82. The molecule has 1 aromatic carbocycles. The summed E-state index contributed by atoms with van der Waals surface area (Å²) in [5, 5.41) is 1.16. The average Bonchev–Trinajstić information content (AvgIpc) is 2.72. The second-order valence-electron chi connectivity index (χ2n) is 4.52. The summed E-state index contributed by atoms with van der Waals surface area (Å²) in [6, 6.07) is 6.64. The number of hydrogen-bond acceptors (Lipinski definition) is 4. The summed E-state index contributed by atoms with van der Waals surface area (Å²) < 4.78 is 28.6. The van der Waals surface area contributed by atoms with Crippen LogP contribution in [0.15, 0.2) is 35.7 Å². The van der Waals surface area contributed by atoms with Crippen LogP contribution in [0.3, 0.4) is 0 Å². The smallest absolute Gasteiger partial charge is 0.224 e. The zero-order chi connectivity index (χ0) is 14.8. The molecule has 0 spiro atoms. The van der Waals surface area contributed by atoms with Crippen molar-refractivity contribution in [3.63, 3.8) is 0 Å². The van der Waals surface area contributed by atoms with Gasteiger partial charge in [-0.15, -0.1) is 0 Å². The number of sulfone groups is 1. The van der Waals surface area contributed by atoms with Crippen LogP contribution >= 0.6 is 0 Å². The van der Waals surface area contributed by atoms with Gasteiger partial charge in [0.25, 0.3) is 0 Å². The largest absolute Gasteiger partial charge is 0.492 e. The molecule has 5 nitrogen and oxygen atoms in total. The van der Waals surface area contributed by atoms with Gasteiger partial charge in [0.05, 0.1) is 24.1 Å². The van der Waals surface area contributed by atoms with Crippen molar-refractivity contribution in [1.82, 2.24) is 0 Å². The number of anilines is 1. The van der Waals surface area contributed by atoms with E-state index in [1.54, 1.807) is 24.3 Å². The standard InChI is InChI=1S/C14H17NO4S/c1-3-19-14-7-5-4-6-13(14)15(11(2)16)12-8-9-20(17,18)10-12/h4-9,12H,3,10H2,1-2H3/t12-/m1/s1. The summed E-state index contributed by atoms with van der Waals surface area (Å²) in [7, 11) is -3.22. The van der Waals surface area contributed by atoms with Crippen molar-refractivity contribution >= 4 is 21.4 Å². The van der Waals surface area contributed by atoms with Crippen LogP contribution in [0.25, 0.3) is 0 Å². The first-order valence-corrected chi connectivity index (χ1v) is 8.08. The number of ether oxygens (including phenoxy) is 1. The van der Waals surface area contributed by atoms with Crippen molar-refractivity contribution in [3.05, 3.63) is 35.7 Å². The fourth-order valence-corrected chi connectivity index (χ4v) is 3.50. The molecular weight excluding hydrogens is 278 g/mol. The van der Waals surface area contributed by atoms with E-state index in [0.717, 1.165) is 5.41 Å². The summed E-state index contributed by atoms with van der Waals surface area (Å²) in [6.07, 6.45) is 1.54. The first-order valence-electron chi connectivity index (χ1n) is 6.37. The fraction of sp³-hybridized carbons (Fsp3) is 0.357. The third-order valence-corrected chi connectivity index (χ3v) is 4.38. The molecule has 0 N–H and O–H groups in total. The van der Waals surface area contributed by atoms with Crippen molar-refractivity contribution < 1.29 is 17.9 Å². The molecule has 0 saturated carbocycles. The Morgan fingerprint density at radius 2 is 2.10 bits per heavy atom. The molecule has 108 valence electrons. The molecule has 0 aliphatic carbocycles. The van der Waals surface area contributed by atoms with Crippen LogP contribution in [-0.2, 0) is 14.6 Å². The number of carbonyl (C=O) groups excluding carboxylic acids is 1. The van der Waals surface area contributed by atoms with Gasteiger partial charge in [-0.2, -0.15) is 0 Å². The molecule has 1 aliphatic heterocycles. The Labute approximate surface area is 118 Å². The van der Waals surface area contributed by atoms with E-state index in [1.807, 2.05) is 13.0 Å². The third-order valence-electron chi connectivity index (χ3n) is 3.01. The molecule has 1 aromatic rings. The number of rotatable bonds is 4. The van der Waals surface area contributed by atoms with E-state index >= 15 is 0 Å². The lowest BCUT2D eigenvalue weighted by Crippen LogP contribution is -2.40. The number of benzene rings is 1. The monoisotopic (exact) mass is 295 g/mol. The molecule has 1 aliphatic rings. The molecule has 0 bridgehead atoms. The van der Waals surface area contributed by atoms with E-state index in [4.69, 9.17) is 4.74 Å². The first-order chi connectivity index (χ1) is 9.44. The van der Waals surface area contributed by atoms with E-state index in [2.05, 4.69) is 0 Å². The molecule has 1 heterocycles. The van der Waals surface area contributed by atoms with E-state index in [1.165, 1.54) is 11.8 Å². The number of nitrogens with zero attached hydrogens (tertiary/aromatic N) is 1. The number of amides is 1. The van der Waals surface area contributed by atoms with Crippen LogP contribution in [0.4, 0.5) is 5.69 Å². The topological polar surface area (TPSA) is 63.7 Å². The Morgan fingerprint density at radius 1 is 1.40 bits per heavy atom. The highest BCUT2D eigenvalue weighted by atomic mass is 32.2. The van der Waals surface area contributed by atoms with Crippen molar-refractivity contribution in [1.29, 1.82) is 0 Å². The van der Waals surface area contributed by atoms with Gasteiger partial charge in [0, 0.05) is 12.3 Å². The maximum atomic E-state index is 11.9. The molecule has 6 heteroatoms. The van der Waals surface area contributed by atoms with Gasteiger partial charge in [0.1, 0.15) is 5.75 Å². The predicted molar refractivity (Wildman–Crippen MR) is 77.5 cm³/mol. The highest BCUT2D eigenvalue weighted by Crippen LogP contribution is 2.31. The Kier molecular flexibility index (Phi) is 4.13. The first kappa shape index (κ1) is 14.6. The molecule has 0 saturated heterocycles. The van der Waals surface area contributed by atoms with Crippen LogP contribution in [0.2, 0.25) is 0 Å². The van der Waals surface area contributed by atoms with Gasteiger partial charge >= 0.3 is 0 Å². The van der Waals surface area contributed by atoms with Gasteiger partial charge in [0.2, 0.25) is 5.91 Å². The summed E-state index contributed by atoms with van der Waals surface area (Å²) in [5.74, 6) is 0.263. The zero-order valence-corrected chi connectivity index (χ0v) is 12.3. The normalized spacial score (nSPS) is 19.8. The van der Waals surface area contributed by atoms with Gasteiger partial charge < -0.3 is 9.64 Å². The highest BCUT2D eigenvalue weighted by molar-refractivity contribution is 7.94. The molecular formula is C14H17NO4S. The number of carbonyl (C=O) groups is 1. The average molecular weight is 295 g/mol. The van der Waals surface area contributed by atoms with Gasteiger partial charge in [-0.3, -0.25) is 4.79 Å². The van der Waals surface area contributed by atoms with Crippen molar-refractivity contribution in [2.45, 2.75) is 19.9 Å². The lowest BCUT2D eigenvalue weighted by Gasteiger charge is -2.28. The highest BCUT2D eigenvalue weighted by Gasteiger charge is 2.31. The molecule has 1 amide bonds. The van der Waals surface area contributed by atoms with Crippen molar-refractivity contribution in [2.75, 3.05) is 17.3 Å². The minimum Gasteiger partial charge on any atom is -0.492 e. The Bertz CT molecular complexity index is 636. The van der Waals surface area contributed by atoms with E-state index < -0.39 is 15.9 Å². The minimum absolute atomic E-state index is 0.0902. The zero-order valence-electron chi connectivity index (χ0n) is 11.4. The second kappa shape index (κ2) is 5.66. The molecule has 2 rings (SSSR count). The third kappa shape index (κ3) is 3.01. The fourth-order valence-electron chi connectivity index (χ4n) is 2.24. The second-order valence-corrected chi connectivity index (χ2v) is 6.45. The molecule has 0 unspecified atom stereocenters. The van der Waals surface area contributed by atoms with Crippen LogP contribution in [0, 0.1) is 0 Å². The summed E-state index contributed by atoms with van der Waals surface area (Å²) >= 11 is 0. The summed E-state index contributed by atoms with van der Waals surface area (Å²) in [4.78, 5) is 13.4. The lowest BCUT2D eigenvalue weighted by atomic mass is 10.2. The predicted octanol–water partition coefficient (Wildman–Crippen LogP) is 1.75. The van der Waals surface area contributed by atoms with Crippen LogP contribution in [0.5, 0.6) is 5.75 Å².